The Morgan fingerprint density at radius 3 is 2.59 bits per heavy atom. The van der Waals surface area contributed by atoms with Gasteiger partial charge in [0.1, 0.15) is 0 Å². The standard InChI is InChI=1S/C21H21.Hf/c1-15(16-6-3-2-4-7-16)14-19-13-12-18-11-10-17-8-5-9-20(17)21(18)19;/h2-4,6-7,10-11,15H,5,8-9,12,14H2,1H3;/q-1;. The van der Waals surface area contributed by atoms with E-state index in [4.69, 9.17) is 0 Å². The number of rotatable bonds is 3. The second-order valence-electron chi connectivity index (χ2n) is 6.44. The predicted octanol–water partition coefficient (Wildman–Crippen LogP) is 5.11. The molecule has 22 heavy (non-hydrogen) atoms. The molecule has 110 valence electrons. The normalized spacial score (nSPS) is 16.5. The maximum Gasteiger partial charge on any atom is 0 e. The number of aryl methyl sites for hydroxylation is 1. The molecule has 0 nitrogen and oxygen atoms in total. The van der Waals surface area contributed by atoms with Crippen LogP contribution in [0.15, 0.2) is 42.5 Å². The molecule has 4 rings (SSSR count). The second-order valence-corrected chi connectivity index (χ2v) is 6.44. The summed E-state index contributed by atoms with van der Waals surface area (Å²) in [5.74, 6) is 0.567. The van der Waals surface area contributed by atoms with Crippen LogP contribution >= 0.6 is 0 Å². The summed E-state index contributed by atoms with van der Waals surface area (Å²) in [6.45, 7) is 2.34. The molecule has 2 aromatic carbocycles. The van der Waals surface area contributed by atoms with Crippen LogP contribution in [-0.4, -0.2) is 0 Å². The molecule has 0 amide bonds. The molecular formula is C21H21Hf-. The summed E-state index contributed by atoms with van der Waals surface area (Å²) in [4.78, 5) is 0. The number of benzene rings is 2. The summed E-state index contributed by atoms with van der Waals surface area (Å²) < 4.78 is 0. The SMILES string of the molecule is CC(CC1=[C-]Cc2ccc3c(c21)CCC3)c1ccccc1.[Hf]. The molecule has 2 aliphatic carbocycles. The minimum absolute atomic E-state index is 0. The van der Waals surface area contributed by atoms with E-state index in [2.05, 4.69) is 55.5 Å². The Hall–Kier alpha value is -0.950. The van der Waals surface area contributed by atoms with Crippen molar-refractivity contribution in [1.29, 1.82) is 0 Å². The third-order valence-corrected chi connectivity index (χ3v) is 5.04. The van der Waals surface area contributed by atoms with Crippen molar-refractivity contribution in [3.63, 3.8) is 0 Å². The molecule has 2 aromatic rings. The fourth-order valence-corrected chi connectivity index (χ4v) is 3.91. The average molecular weight is 452 g/mol. The molecule has 0 aliphatic heterocycles. The van der Waals surface area contributed by atoms with Crippen molar-refractivity contribution in [2.75, 3.05) is 0 Å². The minimum Gasteiger partial charge on any atom is -0.268 e. The van der Waals surface area contributed by atoms with E-state index in [-0.39, 0.29) is 25.8 Å². The number of hydrogen-bond donors (Lipinski definition) is 0. The molecule has 0 saturated carbocycles. The molecule has 0 fully saturated rings. The van der Waals surface area contributed by atoms with Crippen molar-refractivity contribution in [3.05, 3.63) is 76.4 Å². The van der Waals surface area contributed by atoms with Crippen molar-refractivity contribution in [1.82, 2.24) is 0 Å². The Labute approximate surface area is 152 Å². The van der Waals surface area contributed by atoms with Crippen LogP contribution in [0.2, 0.25) is 0 Å². The van der Waals surface area contributed by atoms with Crippen LogP contribution in [0.3, 0.4) is 0 Å². The summed E-state index contributed by atoms with van der Waals surface area (Å²) >= 11 is 0. The van der Waals surface area contributed by atoms with Gasteiger partial charge in [0.05, 0.1) is 0 Å². The van der Waals surface area contributed by atoms with E-state index in [1.54, 1.807) is 16.7 Å². The number of fused-ring (bicyclic) bond motifs is 3. The number of hydrogen-bond acceptors (Lipinski definition) is 0. The summed E-state index contributed by atoms with van der Waals surface area (Å²) in [6, 6.07) is 15.6. The first-order valence-corrected chi connectivity index (χ1v) is 8.11. The second kappa shape index (κ2) is 6.66. The Morgan fingerprint density at radius 1 is 1.00 bits per heavy atom. The van der Waals surface area contributed by atoms with E-state index in [0.29, 0.717) is 5.92 Å². The third-order valence-electron chi connectivity index (χ3n) is 5.04. The fourth-order valence-electron chi connectivity index (χ4n) is 3.91. The van der Waals surface area contributed by atoms with Crippen molar-refractivity contribution in [3.8, 4) is 0 Å². The fraction of sp³-hybridized carbons (Fsp3) is 0.333. The zero-order valence-corrected chi connectivity index (χ0v) is 16.7. The molecule has 0 spiro atoms. The van der Waals surface area contributed by atoms with Crippen molar-refractivity contribution >= 4 is 5.57 Å². The maximum atomic E-state index is 3.67. The van der Waals surface area contributed by atoms with Gasteiger partial charge in [0.2, 0.25) is 0 Å². The Bertz CT molecular complexity index is 697. The molecule has 2 aliphatic rings. The molecule has 0 N–H and O–H groups in total. The molecule has 0 heterocycles. The monoisotopic (exact) mass is 453 g/mol. The van der Waals surface area contributed by atoms with Crippen LogP contribution in [0.1, 0.15) is 53.5 Å². The quantitative estimate of drug-likeness (QED) is 0.449. The first-order chi connectivity index (χ1) is 10.3. The Morgan fingerprint density at radius 2 is 1.77 bits per heavy atom. The van der Waals surface area contributed by atoms with Crippen LogP contribution in [0.5, 0.6) is 0 Å². The van der Waals surface area contributed by atoms with Gasteiger partial charge in [0.25, 0.3) is 0 Å². The summed E-state index contributed by atoms with van der Waals surface area (Å²) in [5, 5.41) is 0. The van der Waals surface area contributed by atoms with Gasteiger partial charge in [-0.2, -0.15) is 5.56 Å². The zero-order chi connectivity index (χ0) is 14.2. The number of allylic oxidation sites excluding steroid dienone is 2. The molecule has 0 aromatic heterocycles. The molecular weight excluding hydrogens is 431 g/mol. The molecule has 1 atom stereocenters. The summed E-state index contributed by atoms with van der Waals surface area (Å²) in [7, 11) is 0. The van der Waals surface area contributed by atoms with E-state index in [1.807, 2.05) is 0 Å². The smallest absolute Gasteiger partial charge is 0 e. The molecule has 0 saturated heterocycles. The van der Waals surface area contributed by atoms with E-state index < -0.39 is 0 Å². The first kappa shape index (κ1) is 15.9. The summed E-state index contributed by atoms with van der Waals surface area (Å²) in [5.41, 5.74) is 9.20. The van der Waals surface area contributed by atoms with Gasteiger partial charge < -0.3 is 0 Å². The van der Waals surface area contributed by atoms with Crippen LogP contribution in [-0.2, 0) is 45.1 Å². The third kappa shape index (κ3) is 2.80. The topological polar surface area (TPSA) is 0 Å². The van der Waals surface area contributed by atoms with E-state index >= 15 is 0 Å². The van der Waals surface area contributed by atoms with Gasteiger partial charge in [-0.15, -0.1) is 17.5 Å². The van der Waals surface area contributed by atoms with Crippen LogP contribution in [0.4, 0.5) is 0 Å². The van der Waals surface area contributed by atoms with Crippen molar-refractivity contribution < 1.29 is 25.8 Å². The predicted molar refractivity (Wildman–Crippen MR) is 88.3 cm³/mol. The van der Waals surface area contributed by atoms with E-state index in [9.17, 15) is 0 Å². The van der Waals surface area contributed by atoms with Gasteiger partial charge in [-0.25, -0.2) is 5.57 Å². The minimum atomic E-state index is 0. The molecule has 1 unspecified atom stereocenters. The van der Waals surface area contributed by atoms with Gasteiger partial charge in [0.15, 0.2) is 0 Å². The van der Waals surface area contributed by atoms with Crippen LogP contribution in [0.25, 0.3) is 5.57 Å². The van der Waals surface area contributed by atoms with Crippen molar-refractivity contribution in [2.45, 2.75) is 44.9 Å². The molecule has 1 heteroatoms. The van der Waals surface area contributed by atoms with E-state index in [1.165, 1.54) is 36.0 Å². The summed E-state index contributed by atoms with van der Waals surface area (Å²) in [6.07, 6.45) is 9.66. The Balaban J connectivity index is 0.00000144. The van der Waals surface area contributed by atoms with Gasteiger partial charge in [-0.1, -0.05) is 61.4 Å². The largest absolute Gasteiger partial charge is 0.268 e. The average Bonchev–Trinajstić information content (AvgIpc) is 3.14. The van der Waals surface area contributed by atoms with Gasteiger partial charge in [0, 0.05) is 25.8 Å². The molecule has 0 radical (unpaired) electrons. The van der Waals surface area contributed by atoms with Gasteiger partial charge >= 0.3 is 0 Å². The van der Waals surface area contributed by atoms with E-state index in [0.717, 1.165) is 12.8 Å². The first-order valence-electron chi connectivity index (χ1n) is 8.11. The maximum absolute atomic E-state index is 3.67. The van der Waals surface area contributed by atoms with Crippen LogP contribution in [0, 0.1) is 6.08 Å². The Kier molecular flexibility index (Phi) is 4.82. The molecule has 0 bridgehead atoms. The van der Waals surface area contributed by atoms with Gasteiger partial charge in [-0.3, -0.25) is 6.08 Å². The van der Waals surface area contributed by atoms with Crippen LogP contribution < -0.4 is 0 Å². The van der Waals surface area contributed by atoms with Crippen molar-refractivity contribution in [2.24, 2.45) is 0 Å². The zero-order valence-electron chi connectivity index (χ0n) is 13.2. The van der Waals surface area contributed by atoms with Gasteiger partial charge in [-0.05, 0) is 30.7 Å².